The average molecular weight is 390 g/mol. The highest BCUT2D eigenvalue weighted by atomic mass is 32.1. The molecular formula is C22H18N2O3S. The molecule has 28 heavy (non-hydrogen) atoms. The number of hydrogen-bond acceptors (Lipinski definition) is 5. The molecule has 0 saturated carbocycles. The van der Waals surface area contributed by atoms with Crippen LogP contribution in [-0.2, 0) is 22.7 Å². The van der Waals surface area contributed by atoms with E-state index in [1.165, 1.54) is 22.2 Å². The predicted octanol–water partition coefficient (Wildman–Crippen LogP) is 4.26. The summed E-state index contributed by atoms with van der Waals surface area (Å²) >= 11 is 1.42. The zero-order chi connectivity index (χ0) is 19.3. The van der Waals surface area contributed by atoms with Crippen molar-refractivity contribution in [2.45, 2.75) is 19.6 Å². The quantitative estimate of drug-likeness (QED) is 0.462. The molecule has 0 saturated heterocycles. The summed E-state index contributed by atoms with van der Waals surface area (Å²) < 4.78 is 6.78. The average Bonchev–Trinajstić information content (AvgIpc) is 3.22. The molecule has 5 nitrogen and oxygen atoms in total. The second kappa shape index (κ2) is 8.19. The number of carbonyl (C=O) groups excluding carboxylic acids is 1. The monoisotopic (exact) mass is 390 g/mol. The number of thiophene rings is 1. The molecule has 2 aromatic heterocycles. The van der Waals surface area contributed by atoms with Crippen molar-refractivity contribution in [3.63, 3.8) is 0 Å². The Labute approximate surface area is 165 Å². The summed E-state index contributed by atoms with van der Waals surface area (Å²) in [6.45, 7) is 0.466. The molecule has 6 heteroatoms. The smallest absolute Gasteiger partial charge is 0.307 e. The molecule has 0 atom stereocenters. The number of fused-ring (bicyclic) bond motifs is 1. The van der Waals surface area contributed by atoms with Gasteiger partial charge < -0.3 is 4.74 Å². The number of benzene rings is 2. The second-order valence-corrected chi connectivity index (χ2v) is 7.25. The Hall–Kier alpha value is -3.25. The van der Waals surface area contributed by atoms with Crippen LogP contribution in [0.15, 0.2) is 77.2 Å². The summed E-state index contributed by atoms with van der Waals surface area (Å²) in [6, 6.07) is 19.8. The van der Waals surface area contributed by atoms with Gasteiger partial charge in [0.1, 0.15) is 11.4 Å². The highest BCUT2D eigenvalue weighted by Crippen LogP contribution is 2.19. The first kappa shape index (κ1) is 18.1. The SMILES string of the molecule is O=C(CCn1cnc2sccc2c1=O)OCc1ccc(-c2ccccc2)cc1. The first-order chi connectivity index (χ1) is 13.7. The van der Waals surface area contributed by atoms with E-state index in [4.69, 9.17) is 4.74 Å². The Morgan fingerprint density at radius 2 is 1.75 bits per heavy atom. The lowest BCUT2D eigenvalue weighted by molar-refractivity contribution is -0.145. The lowest BCUT2D eigenvalue weighted by Gasteiger charge is -2.08. The third kappa shape index (κ3) is 4.02. The van der Waals surface area contributed by atoms with Gasteiger partial charge in [-0.2, -0.15) is 0 Å². The van der Waals surface area contributed by atoms with Crippen molar-refractivity contribution in [1.29, 1.82) is 0 Å². The highest BCUT2D eigenvalue weighted by Gasteiger charge is 2.08. The Bertz CT molecular complexity index is 1150. The van der Waals surface area contributed by atoms with E-state index in [1.54, 1.807) is 6.07 Å². The van der Waals surface area contributed by atoms with Gasteiger partial charge in [0.15, 0.2) is 0 Å². The minimum absolute atomic E-state index is 0.124. The van der Waals surface area contributed by atoms with Crippen LogP contribution in [0.3, 0.4) is 0 Å². The van der Waals surface area contributed by atoms with Crippen LogP contribution in [0.1, 0.15) is 12.0 Å². The van der Waals surface area contributed by atoms with Crippen LogP contribution in [0, 0.1) is 0 Å². The van der Waals surface area contributed by atoms with Gasteiger partial charge in [-0.3, -0.25) is 14.2 Å². The van der Waals surface area contributed by atoms with Crippen molar-refractivity contribution >= 4 is 27.5 Å². The van der Waals surface area contributed by atoms with Crippen LogP contribution in [0.5, 0.6) is 0 Å². The van der Waals surface area contributed by atoms with Crippen LogP contribution in [0.2, 0.25) is 0 Å². The van der Waals surface area contributed by atoms with Crippen molar-refractivity contribution in [2.24, 2.45) is 0 Å². The minimum Gasteiger partial charge on any atom is -0.461 e. The van der Waals surface area contributed by atoms with Crippen molar-refractivity contribution in [2.75, 3.05) is 0 Å². The van der Waals surface area contributed by atoms with Gasteiger partial charge in [0.2, 0.25) is 0 Å². The first-order valence-corrected chi connectivity index (χ1v) is 9.81. The van der Waals surface area contributed by atoms with Gasteiger partial charge in [-0.25, -0.2) is 4.98 Å². The number of rotatable bonds is 6. The number of nitrogens with zero attached hydrogens (tertiary/aromatic N) is 2. The second-order valence-electron chi connectivity index (χ2n) is 6.36. The molecule has 0 unspecified atom stereocenters. The molecule has 0 spiro atoms. The molecule has 0 radical (unpaired) electrons. The van der Waals surface area contributed by atoms with Crippen LogP contribution in [0.25, 0.3) is 21.3 Å². The van der Waals surface area contributed by atoms with E-state index in [0.717, 1.165) is 16.7 Å². The number of ether oxygens (including phenoxy) is 1. The third-order valence-electron chi connectivity index (χ3n) is 4.47. The maximum atomic E-state index is 12.3. The number of carbonyl (C=O) groups is 1. The zero-order valence-electron chi connectivity index (χ0n) is 15.1. The highest BCUT2D eigenvalue weighted by molar-refractivity contribution is 7.16. The van der Waals surface area contributed by atoms with E-state index in [0.29, 0.717) is 10.2 Å². The fourth-order valence-corrected chi connectivity index (χ4v) is 3.65. The van der Waals surface area contributed by atoms with Gasteiger partial charge >= 0.3 is 5.97 Å². The van der Waals surface area contributed by atoms with E-state index in [2.05, 4.69) is 17.1 Å². The molecule has 0 amide bonds. The molecule has 0 aliphatic heterocycles. The summed E-state index contributed by atoms with van der Waals surface area (Å²) in [5.74, 6) is -0.343. The molecule has 140 valence electrons. The predicted molar refractivity (Wildman–Crippen MR) is 110 cm³/mol. The minimum atomic E-state index is -0.343. The molecular weight excluding hydrogens is 372 g/mol. The van der Waals surface area contributed by atoms with Crippen molar-refractivity contribution in [1.82, 2.24) is 9.55 Å². The molecule has 0 bridgehead atoms. The summed E-state index contributed by atoms with van der Waals surface area (Å²) in [5, 5.41) is 2.42. The largest absolute Gasteiger partial charge is 0.461 e. The van der Waals surface area contributed by atoms with Crippen LogP contribution >= 0.6 is 11.3 Å². The van der Waals surface area contributed by atoms with Crippen LogP contribution < -0.4 is 5.56 Å². The van der Waals surface area contributed by atoms with Gasteiger partial charge in [-0.1, -0.05) is 54.6 Å². The molecule has 4 rings (SSSR count). The molecule has 2 aromatic carbocycles. The summed E-state index contributed by atoms with van der Waals surface area (Å²) in [7, 11) is 0. The first-order valence-electron chi connectivity index (χ1n) is 8.93. The van der Waals surface area contributed by atoms with E-state index in [-0.39, 0.29) is 31.1 Å². The standard InChI is InChI=1S/C22H18N2O3S/c25-20(10-12-24-15-23-21-19(22(24)26)11-13-28-21)27-14-16-6-8-18(9-7-16)17-4-2-1-3-5-17/h1-9,11,13,15H,10,12,14H2. The molecule has 0 N–H and O–H groups in total. The van der Waals surface area contributed by atoms with Crippen LogP contribution in [0.4, 0.5) is 0 Å². The van der Waals surface area contributed by atoms with Gasteiger partial charge in [-0.15, -0.1) is 11.3 Å². The normalized spacial score (nSPS) is 10.9. The topological polar surface area (TPSA) is 61.2 Å². The fourth-order valence-electron chi connectivity index (χ4n) is 2.92. The van der Waals surface area contributed by atoms with Gasteiger partial charge in [0.05, 0.1) is 18.1 Å². The van der Waals surface area contributed by atoms with E-state index < -0.39 is 0 Å². The Kier molecular flexibility index (Phi) is 5.30. The lowest BCUT2D eigenvalue weighted by Crippen LogP contribution is -2.21. The number of hydrogen-bond donors (Lipinski definition) is 0. The van der Waals surface area contributed by atoms with E-state index >= 15 is 0 Å². The van der Waals surface area contributed by atoms with Gasteiger partial charge in [0.25, 0.3) is 5.56 Å². The number of esters is 1. The maximum Gasteiger partial charge on any atom is 0.307 e. The maximum absolute atomic E-state index is 12.3. The van der Waals surface area contributed by atoms with Crippen molar-refractivity contribution < 1.29 is 9.53 Å². The van der Waals surface area contributed by atoms with Crippen molar-refractivity contribution in [3.05, 3.63) is 88.3 Å². The molecule has 0 fully saturated rings. The van der Waals surface area contributed by atoms with Gasteiger partial charge in [-0.05, 0) is 28.1 Å². The van der Waals surface area contributed by atoms with E-state index in [9.17, 15) is 9.59 Å². The number of aryl methyl sites for hydroxylation is 1. The number of aromatic nitrogens is 2. The third-order valence-corrected chi connectivity index (χ3v) is 5.29. The Balaban J connectivity index is 1.31. The fraction of sp³-hybridized carbons (Fsp3) is 0.136. The molecule has 2 heterocycles. The summed E-state index contributed by atoms with van der Waals surface area (Å²) in [5.41, 5.74) is 3.06. The Morgan fingerprint density at radius 3 is 2.54 bits per heavy atom. The van der Waals surface area contributed by atoms with Gasteiger partial charge in [0, 0.05) is 6.54 Å². The molecule has 4 aromatic rings. The zero-order valence-corrected chi connectivity index (χ0v) is 15.9. The summed E-state index contributed by atoms with van der Waals surface area (Å²) in [6.07, 6.45) is 1.61. The van der Waals surface area contributed by atoms with Crippen molar-refractivity contribution in [3.8, 4) is 11.1 Å². The molecule has 0 aliphatic rings. The Morgan fingerprint density at radius 1 is 1.00 bits per heavy atom. The lowest BCUT2D eigenvalue weighted by atomic mass is 10.0. The summed E-state index contributed by atoms with van der Waals surface area (Å²) in [4.78, 5) is 29.3. The van der Waals surface area contributed by atoms with Crippen LogP contribution in [-0.4, -0.2) is 15.5 Å². The van der Waals surface area contributed by atoms with E-state index in [1.807, 2.05) is 47.8 Å². The molecule has 0 aliphatic carbocycles.